The Morgan fingerprint density at radius 1 is 1.07 bits per heavy atom. The molecule has 1 fully saturated rings. The third-order valence-corrected chi connectivity index (χ3v) is 5.27. The molecular weight excluding hydrogens is 340 g/mol. The largest absolute Gasteiger partial charge is 0.350 e. The Bertz CT molecular complexity index is 996. The molecule has 0 aliphatic carbocycles. The molecule has 0 spiro atoms. The highest BCUT2D eigenvalue weighted by atomic mass is 16.2. The fourth-order valence-electron chi connectivity index (χ4n) is 3.79. The number of para-hydroxylation sites is 1. The molecule has 0 unspecified atom stereocenters. The third-order valence-electron chi connectivity index (χ3n) is 5.27. The van der Waals surface area contributed by atoms with Gasteiger partial charge in [0.1, 0.15) is 12.1 Å². The molecule has 3 atom stereocenters. The lowest BCUT2D eigenvalue weighted by atomic mass is 9.90. The van der Waals surface area contributed by atoms with Crippen LogP contribution in [0.15, 0.2) is 54.9 Å². The van der Waals surface area contributed by atoms with Crippen LogP contribution >= 0.6 is 0 Å². The van der Waals surface area contributed by atoms with Crippen molar-refractivity contribution in [1.29, 1.82) is 0 Å². The van der Waals surface area contributed by atoms with Crippen LogP contribution in [0.1, 0.15) is 24.1 Å². The summed E-state index contributed by atoms with van der Waals surface area (Å²) in [5.41, 5.74) is 2.94. The van der Waals surface area contributed by atoms with Crippen LogP contribution in [0.3, 0.4) is 0 Å². The predicted molar refractivity (Wildman–Crippen MR) is 103 cm³/mol. The summed E-state index contributed by atoms with van der Waals surface area (Å²) in [6.45, 7) is 1.98. The highest BCUT2D eigenvalue weighted by Gasteiger charge is 2.38. The summed E-state index contributed by atoms with van der Waals surface area (Å²) in [5, 5.41) is 6.90. The fraction of sp³-hybridized carbons (Fsp3) is 0.286. The van der Waals surface area contributed by atoms with Crippen molar-refractivity contribution < 1.29 is 9.59 Å². The second-order valence-electron chi connectivity index (χ2n) is 7.07. The summed E-state index contributed by atoms with van der Waals surface area (Å²) in [6, 6.07) is 12.4. The molecule has 2 N–H and O–H groups in total. The zero-order chi connectivity index (χ0) is 19.0. The maximum Gasteiger partial charge on any atom is 0.243 e. The summed E-state index contributed by atoms with van der Waals surface area (Å²) < 4.78 is 2.05. The van der Waals surface area contributed by atoms with Crippen LogP contribution in [0.25, 0.3) is 10.9 Å². The maximum absolute atomic E-state index is 12.7. The summed E-state index contributed by atoms with van der Waals surface area (Å²) in [5.74, 6) is -0.468. The molecule has 6 heteroatoms. The van der Waals surface area contributed by atoms with Gasteiger partial charge in [0, 0.05) is 48.4 Å². The number of benzene rings is 1. The van der Waals surface area contributed by atoms with Crippen molar-refractivity contribution in [1.82, 2.24) is 20.2 Å². The van der Waals surface area contributed by atoms with Gasteiger partial charge in [-0.15, -0.1) is 0 Å². The average Bonchev–Trinajstić information content (AvgIpc) is 3.02. The Hall–Kier alpha value is -3.15. The first-order chi connectivity index (χ1) is 13.0. The molecule has 0 saturated carbocycles. The summed E-state index contributed by atoms with van der Waals surface area (Å²) in [4.78, 5) is 29.6. The van der Waals surface area contributed by atoms with Crippen LogP contribution in [0.5, 0.6) is 0 Å². The average molecular weight is 362 g/mol. The number of nitrogens with zero attached hydrogens (tertiary/aromatic N) is 2. The standard InChI is InChI=1S/C21H22N4O2/c1-13(16-12-25(2)18-9-4-3-8-15(16)18)19-21(27)23-17(20(26)24-19)11-14-7-5-6-10-22-14/h3-10,12-13,17,19H,11H2,1-2H3,(H,23,27)(H,24,26)/t13-,17-,19-/m1/s1. The minimum absolute atomic E-state index is 0.143. The van der Waals surface area contributed by atoms with Gasteiger partial charge in [0.05, 0.1) is 0 Å². The summed E-state index contributed by atoms with van der Waals surface area (Å²) >= 11 is 0. The van der Waals surface area contributed by atoms with E-state index in [1.807, 2.05) is 67.2 Å². The van der Waals surface area contributed by atoms with Crippen LogP contribution in [0.2, 0.25) is 0 Å². The number of amides is 2. The van der Waals surface area contributed by atoms with Crippen molar-refractivity contribution in [3.05, 3.63) is 66.1 Å². The predicted octanol–water partition coefficient (Wildman–Crippen LogP) is 1.90. The van der Waals surface area contributed by atoms with E-state index >= 15 is 0 Å². The van der Waals surface area contributed by atoms with Gasteiger partial charge in [0.2, 0.25) is 11.8 Å². The molecule has 2 aromatic heterocycles. The number of aryl methyl sites for hydroxylation is 1. The third kappa shape index (κ3) is 3.18. The molecule has 138 valence electrons. The lowest BCUT2D eigenvalue weighted by Gasteiger charge is -2.32. The second kappa shape index (κ2) is 6.87. The van der Waals surface area contributed by atoms with Gasteiger partial charge in [-0.2, -0.15) is 0 Å². The van der Waals surface area contributed by atoms with Gasteiger partial charge in [0.15, 0.2) is 0 Å². The van der Waals surface area contributed by atoms with Gasteiger partial charge in [0.25, 0.3) is 0 Å². The van der Waals surface area contributed by atoms with E-state index in [9.17, 15) is 9.59 Å². The lowest BCUT2D eigenvalue weighted by molar-refractivity contribution is -0.137. The van der Waals surface area contributed by atoms with Crippen molar-refractivity contribution in [3.63, 3.8) is 0 Å². The van der Waals surface area contributed by atoms with E-state index in [1.165, 1.54) is 0 Å². The Morgan fingerprint density at radius 3 is 2.63 bits per heavy atom. The molecule has 1 aliphatic heterocycles. The van der Waals surface area contributed by atoms with Gasteiger partial charge in [-0.1, -0.05) is 31.2 Å². The van der Waals surface area contributed by atoms with E-state index in [0.29, 0.717) is 6.42 Å². The minimum Gasteiger partial charge on any atom is -0.350 e. The molecule has 0 radical (unpaired) electrons. The van der Waals surface area contributed by atoms with Crippen molar-refractivity contribution in [2.24, 2.45) is 7.05 Å². The Kier molecular flexibility index (Phi) is 4.39. The molecule has 0 bridgehead atoms. The number of hydrogen-bond donors (Lipinski definition) is 2. The molecule has 6 nitrogen and oxygen atoms in total. The van der Waals surface area contributed by atoms with Gasteiger partial charge in [-0.05, 0) is 23.8 Å². The molecule has 27 heavy (non-hydrogen) atoms. The molecule has 1 aromatic carbocycles. The summed E-state index contributed by atoms with van der Waals surface area (Å²) in [6.07, 6.45) is 4.10. The number of piperazine rings is 1. The lowest BCUT2D eigenvalue weighted by Crippen LogP contribution is -2.63. The Morgan fingerprint density at radius 2 is 1.85 bits per heavy atom. The first-order valence-corrected chi connectivity index (χ1v) is 9.09. The number of hydrogen-bond acceptors (Lipinski definition) is 3. The SMILES string of the molecule is C[C@H](c1cn(C)c2ccccc12)[C@H]1NC(=O)[C@@H](Cc2ccccn2)NC1=O. The van der Waals surface area contributed by atoms with Crippen molar-refractivity contribution in [2.45, 2.75) is 31.3 Å². The number of rotatable bonds is 4. The van der Waals surface area contributed by atoms with Gasteiger partial charge >= 0.3 is 0 Å². The van der Waals surface area contributed by atoms with Gasteiger partial charge < -0.3 is 15.2 Å². The molecule has 3 heterocycles. The smallest absolute Gasteiger partial charge is 0.243 e. The van der Waals surface area contributed by atoms with E-state index < -0.39 is 12.1 Å². The van der Waals surface area contributed by atoms with Gasteiger partial charge in [-0.25, -0.2) is 0 Å². The van der Waals surface area contributed by atoms with Crippen LogP contribution in [0.4, 0.5) is 0 Å². The minimum atomic E-state index is -0.594. The normalized spacial score (nSPS) is 21.0. The highest BCUT2D eigenvalue weighted by molar-refractivity contribution is 5.98. The molecular formula is C21H22N4O2. The first kappa shape index (κ1) is 17.3. The van der Waals surface area contributed by atoms with Gasteiger partial charge in [-0.3, -0.25) is 14.6 Å². The monoisotopic (exact) mass is 362 g/mol. The fourth-order valence-corrected chi connectivity index (χ4v) is 3.79. The molecule has 4 rings (SSSR count). The topological polar surface area (TPSA) is 76.0 Å². The Labute approximate surface area is 157 Å². The van der Waals surface area contributed by atoms with Crippen molar-refractivity contribution in [3.8, 4) is 0 Å². The number of aromatic nitrogens is 2. The number of fused-ring (bicyclic) bond motifs is 1. The van der Waals surface area contributed by atoms with E-state index in [1.54, 1.807) is 6.20 Å². The number of nitrogens with one attached hydrogen (secondary N) is 2. The van der Waals surface area contributed by atoms with Crippen molar-refractivity contribution in [2.75, 3.05) is 0 Å². The summed E-state index contributed by atoms with van der Waals surface area (Å²) in [7, 11) is 1.99. The second-order valence-corrected chi connectivity index (χ2v) is 7.07. The zero-order valence-corrected chi connectivity index (χ0v) is 15.3. The van der Waals surface area contributed by atoms with Crippen LogP contribution < -0.4 is 10.6 Å². The first-order valence-electron chi connectivity index (χ1n) is 9.09. The van der Waals surface area contributed by atoms with E-state index in [-0.39, 0.29) is 17.7 Å². The van der Waals surface area contributed by atoms with Crippen molar-refractivity contribution >= 4 is 22.7 Å². The molecule has 2 amide bonds. The molecule has 1 saturated heterocycles. The van der Waals surface area contributed by atoms with Crippen LogP contribution in [0, 0.1) is 0 Å². The molecule has 3 aromatic rings. The molecule has 1 aliphatic rings. The van der Waals surface area contributed by atoms with E-state index in [4.69, 9.17) is 0 Å². The van der Waals surface area contributed by atoms with Crippen LogP contribution in [-0.2, 0) is 23.1 Å². The zero-order valence-electron chi connectivity index (χ0n) is 15.3. The number of carbonyl (C=O) groups excluding carboxylic acids is 2. The highest BCUT2D eigenvalue weighted by Crippen LogP contribution is 2.30. The number of carbonyl (C=O) groups is 2. The van der Waals surface area contributed by atoms with Crippen LogP contribution in [-0.4, -0.2) is 33.4 Å². The van der Waals surface area contributed by atoms with E-state index in [2.05, 4.69) is 15.6 Å². The maximum atomic E-state index is 12.7. The quantitative estimate of drug-likeness (QED) is 0.744. The number of pyridine rings is 1. The van der Waals surface area contributed by atoms with E-state index in [0.717, 1.165) is 22.2 Å². The Balaban J connectivity index is 1.55.